The maximum atomic E-state index is 14.3. The molecule has 0 atom stereocenters. The van der Waals surface area contributed by atoms with Crippen molar-refractivity contribution in [3.8, 4) is 16.9 Å². The van der Waals surface area contributed by atoms with Crippen molar-refractivity contribution < 1.29 is 9.13 Å². The average Bonchev–Trinajstić information content (AvgIpc) is 3.32. The number of hydrogen-bond donors (Lipinski definition) is 2. The van der Waals surface area contributed by atoms with Crippen LogP contribution < -0.4 is 10.1 Å². The fourth-order valence-electron chi connectivity index (χ4n) is 4.94. The third-order valence-corrected chi connectivity index (χ3v) is 6.75. The van der Waals surface area contributed by atoms with Gasteiger partial charge in [0.05, 0.1) is 18.5 Å². The molecule has 1 saturated heterocycles. The number of H-pyrrole nitrogens is 1. The second kappa shape index (κ2) is 10.0. The van der Waals surface area contributed by atoms with Gasteiger partial charge in [-0.15, -0.1) is 0 Å². The van der Waals surface area contributed by atoms with Gasteiger partial charge in [0, 0.05) is 35.1 Å². The molecule has 0 aliphatic carbocycles. The largest absolute Gasteiger partial charge is 0.497 e. The topological polar surface area (TPSA) is 62.3 Å². The van der Waals surface area contributed by atoms with Crippen LogP contribution in [0.4, 0.5) is 4.39 Å². The Bertz CT molecular complexity index is 1380. The summed E-state index contributed by atoms with van der Waals surface area (Å²) in [6.07, 6.45) is 2.20. The minimum Gasteiger partial charge on any atom is -0.497 e. The van der Waals surface area contributed by atoms with Crippen molar-refractivity contribution in [3.05, 3.63) is 83.1 Å². The molecule has 6 heteroatoms. The lowest BCUT2D eigenvalue weighted by Gasteiger charge is -2.23. The summed E-state index contributed by atoms with van der Waals surface area (Å²) >= 11 is 0. The van der Waals surface area contributed by atoms with E-state index in [9.17, 15) is 4.39 Å². The van der Waals surface area contributed by atoms with E-state index >= 15 is 0 Å². The fourth-order valence-corrected chi connectivity index (χ4v) is 4.94. The van der Waals surface area contributed by atoms with Crippen molar-refractivity contribution in [1.82, 2.24) is 15.3 Å². The first-order valence-electron chi connectivity index (χ1n) is 12.3. The maximum absolute atomic E-state index is 14.3. The summed E-state index contributed by atoms with van der Waals surface area (Å²) in [6, 6.07) is 17.3. The van der Waals surface area contributed by atoms with Gasteiger partial charge in [0.15, 0.2) is 0 Å². The van der Waals surface area contributed by atoms with Crippen molar-refractivity contribution >= 4 is 16.6 Å². The minimum atomic E-state index is -0.324. The van der Waals surface area contributed by atoms with Crippen LogP contribution in [0.15, 0.2) is 59.6 Å². The van der Waals surface area contributed by atoms with Gasteiger partial charge in [-0.1, -0.05) is 18.2 Å². The van der Waals surface area contributed by atoms with Gasteiger partial charge < -0.3 is 15.0 Å². The number of ether oxygens (including phenoxy) is 1. The first-order valence-corrected chi connectivity index (χ1v) is 12.3. The van der Waals surface area contributed by atoms with E-state index in [1.807, 2.05) is 31.2 Å². The van der Waals surface area contributed by atoms with Crippen molar-refractivity contribution in [2.24, 2.45) is 4.99 Å². The van der Waals surface area contributed by atoms with E-state index < -0.39 is 0 Å². The summed E-state index contributed by atoms with van der Waals surface area (Å²) in [6.45, 7) is 6.84. The predicted octanol–water partition coefficient (Wildman–Crippen LogP) is 6.01. The van der Waals surface area contributed by atoms with Crippen molar-refractivity contribution in [1.29, 1.82) is 0 Å². The Morgan fingerprint density at radius 3 is 2.71 bits per heavy atom. The number of aryl methyl sites for hydroxylation is 1. The molecular formula is C29H31FN4O. The molecule has 180 valence electrons. The Hall–Kier alpha value is -3.51. The summed E-state index contributed by atoms with van der Waals surface area (Å²) in [7, 11) is 1.55. The highest BCUT2D eigenvalue weighted by molar-refractivity contribution is 6.14. The predicted molar refractivity (Wildman–Crippen MR) is 140 cm³/mol. The molecule has 2 aromatic carbocycles. The molecule has 1 fully saturated rings. The van der Waals surface area contributed by atoms with Gasteiger partial charge in [0.2, 0.25) is 0 Å². The number of hydrogen-bond acceptors (Lipinski definition) is 4. The number of rotatable bonds is 6. The second-order valence-electron chi connectivity index (χ2n) is 9.08. The molecule has 0 saturated carbocycles. The summed E-state index contributed by atoms with van der Waals surface area (Å²) in [4.78, 5) is 13.6. The van der Waals surface area contributed by atoms with Crippen LogP contribution in [-0.2, 0) is 0 Å². The van der Waals surface area contributed by atoms with Crippen LogP contribution in [0.3, 0.4) is 0 Å². The van der Waals surface area contributed by atoms with Gasteiger partial charge in [-0.05, 0) is 86.8 Å². The highest BCUT2D eigenvalue weighted by Crippen LogP contribution is 2.33. The standard InChI is InChI=1S/C29H31FN4O/c1-4-32-29(28-18(2)8-9-25(34-28)19-10-12-31-13-11-19)27-17-24-23(6-5-7-26(24)33-27)20-14-21(30)16-22(15-20)35-3/h5-9,14-17,19,31,33H,4,10-13H2,1-3H3. The first kappa shape index (κ1) is 23.2. The number of pyridine rings is 1. The molecule has 1 aliphatic rings. The molecule has 0 unspecified atom stereocenters. The van der Waals surface area contributed by atoms with Crippen molar-refractivity contribution in [3.63, 3.8) is 0 Å². The van der Waals surface area contributed by atoms with Crippen molar-refractivity contribution in [2.75, 3.05) is 26.7 Å². The Kier molecular flexibility index (Phi) is 6.64. The SMILES string of the molecule is CCN=C(c1cc2c(-c3cc(F)cc(OC)c3)cccc2[nH]1)c1nc(C2CCNCC2)ccc1C. The number of aromatic amines is 1. The molecule has 5 nitrogen and oxygen atoms in total. The quantitative estimate of drug-likeness (QED) is 0.339. The molecule has 3 heterocycles. The van der Waals surface area contributed by atoms with Gasteiger partial charge in [0.1, 0.15) is 17.3 Å². The summed E-state index contributed by atoms with van der Waals surface area (Å²) < 4.78 is 19.6. The maximum Gasteiger partial charge on any atom is 0.127 e. The van der Waals surface area contributed by atoms with Crippen LogP contribution in [-0.4, -0.2) is 42.4 Å². The fraction of sp³-hybridized carbons (Fsp3) is 0.310. The van der Waals surface area contributed by atoms with Gasteiger partial charge in [0.25, 0.3) is 0 Å². The third kappa shape index (κ3) is 4.71. The Morgan fingerprint density at radius 1 is 1.11 bits per heavy atom. The van der Waals surface area contributed by atoms with Gasteiger partial charge >= 0.3 is 0 Å². The van der Waals surface area contributed by atoms with E-state index in [2.05, 4.69) is 35.4 Å². The normalized spacial score (nSPS) is 15.0. The van der Waals surface area contributed by atoms with Crippen LogP contribution in [0.25, 0.3) is 22.0 Å². The second-order valence-corrected chi connectivity index (χ2v) is 9.08. The molecule has 1 aliphatic heterocycles. The smallest absolute Gasteiger partial charge is 0.127 e. The Morgan fingerprint density at radius 2 is 1.94 bits per heavy atom. The summed E-state index contributed by atoms with van der Waals surface area (Å²) in [5.74, 6) is 0.640. The molecule has 0 amide bonds. The number of aliphatic imine (C=N–C) groups is 1. The van der Waals surface area contributed by atoms with E-state index in [-0.39, 0.29) is 5.82 Å². The van der Waals surface area contributed by atoms with Crippen LogP contribution in [0, 0.1) is 12.7 Å². The molecule has 0 bridgehead atoms. The number of halogens is 1. The summed E-state index contributed by atoms with van der Waals surface area (Å²) in [5.41, 5.74) is 7.61. The Balaban J connectivity index is 1.61. The van der Waals surface area contributed by atoms with Crippen LogP contribution >= 0.6 is 0 Å². The number of piperidine rings is 1. The van der Waals surface area contributed by atoms with E-state index in [1.165, 1.54) is 6.07 Å². The zero-order chi connectivity index (χ0) is 24.4. The van der Waals surface area contributed by atoms with Gasteiger partial charge in [-0.25, -0.2) is 4.39 Å². The number of fused-ring (bicyclic) bond motifs is 1. The molecule has 0 spiro atoms. The van der Waals surface area contributed by atoms with E-state index in [0.717, 1.165) is 76.3 Å². The number of methoxy groups -OCH3 is 1. The third-order valence-electron chi connectivity index (χ3n) is 6.75. The van der Waals surface area contributed by atoms with Gasteiger partial charge in [-0.2, -0.15) is 0 Å². The highest BCUT2D eigenvalue weighted by Gasteiger charge is 2.21. The zero-order valence-corrected chi connectivity index (χ0v) is 20.5. The van der Waals surface area contributed by atoms with Crippen molar-refractivity contribution in [2.45, 2.75) is 32.6 Å². The molecular weight excluding hydrogens is 439 g/mol. The number of benzene rings is 2. The molecule has 35 heavy (non-hydrogen) atoms. The molecule has 2 N–H and O–H groups in total. The average molecular weight is 471 g/mol. The number of nitrogens with one attached hydrogen (secondary N) is 2. The lowest BCUT2D eigenvalue weighted by atomic mass is 9.93. The minimum absolute atomic E-state index is 0.324. The van der Waals surface area contributed by atoms with E-state index in [1.54, 1.807) is 13.2 Å². The molecule has 2 aromatic heterocycles. The summed E-state index contributed by atoms with van der Waals surface area (Å²) in [5, 5.41) is 4.44. The van der Waals surface area contributed by atoms with E-state index in [4.69, 9.17) is 14.7 Å². The molecule has 4 aromatic rings. The van der Waals surface area contributed by atoms with Gasteiger partial charge in [-0.3, -0.25) is 9.98 Å². The van der Waals surface area contributed by atoms with Crippen LogP contribution in [0.5, 0.6) is 5.75 Å². The monoisotopic (exact) mass is 470 g/mol. The highest BCUT2D eigenvalue weighted by atomic mass is 19.1. The lowest BCUT2D eigenvalue weighted by Crippen LogP contribution is -2.27. The molecule has 0 radical (unpaired) electrons. The first-order chi connectivity index (χ1) is 17.1. The number of aromatic nitrogens is 2. The van der Waals surface area contributed by atoms with Crippen LogP contribution in [0.1, 0.15) is 48.3 Å². The zero-order valence-electron chi connectivity index (χ0n) is 20.5. The Labute approximate surface area is 205 Å². The van der Waals surface area contributed by atoms with E-state index in [0.29, 0.717) is 18.2 Å². The lowest BCUT2D eigenvalue weighted by molar-refractivity contribution is 0.411. The number of nitrogens with zero attached hydrogens (tertiary/aromatic N) is 2. The van der Waals surface area contributed by atoms with Crippen LogP contribution in [0.2, 0.25) is 0 Å². The molecule has 5 rings (SSSR count).